The predicted octanol–water partition coefficient (Wildman–Crippen LogP) is 4.26. The first-order chi connectivity index (χ1) is 20.2. The van der Waals surface area contributed by atoms with E-state index in [0.29, 0.717) is 41.4 Å². The van der Waals surface area contributed by atoms with Crippen molar-refractivity contribution in [2.24, 2.45) is 0 Å². The van der Waals surface area contributed by atoms with E-state index in [0.717, 1.165) is 29.8 Å². The maximum Gasteiger partial charge on any atom is 0.269 e. The van der Waals surface area contributed by atoms with Gasteiger partial charge in [-0.15, -0.1) is 0 Å². The Morgan fingerprint density at radius 2 is 1.74 bits per heavy atom. The molecular weight excluding hydrogens is 577 g/mol. The molecule has 0 bridgehead atoms. The number of rotatable bonds is 8. The average Bonchev–Trinajstić information content (AvgIpc) is 3.02. The minimum Gasteiger partial charge on any atom is -0.379 e. The summed E-state index contributed by atoms with van der Waals surface area (Å²) in [6, 6.07) is 18.3. The number of nitrogens with zero attached hydrogens (tertiary/aromatic N) is 4. The molecular formula is C31H31Cl2N5O4. The number of halogens is 2. The summed E-state index contributed by atoms with van der Waals surface area (Å²) < 4.78 is 6.90. The molecule has 42 heavy (non-hydrogen) atoms. The fourth-order valence-electron chi connectivity index (χ4n) is 5.10. The Bertz CT molecular complexity index is 1670. The zero-order valence-electron chi connectivity index (χ0n) is 23.3. The highest BCUT2D eigenvalue weighted by molar-refractivity contribution is 6.42. The van der Waals surface area contributed by atoms with Gasteiger partial charge in [0, 0.05) is 39.3 Å². The van der Waals surface area contributed by atoms with Crippen molar-refractivity contribution in [3.8, 4) is 11.1 Å². The molecule has 11 heteroatoms. The van der Waals surface area contributed by atoms with Crippen molar-refractivity contribution in [3.63, 3.8) is 0 Å². The molecule has 1 atom stereocenters. The van der Waals surface area contributed by atoms with Crippen LogP contribution < -0.4 is 10.9 Å². The molecule has 1 aromatic heterocycles. The molecule has 0 spiro atoms. The van der Waals surface area contributed by atoms with Gasteiger partial charge in [-0.2, -0.15) is 0 Å². The summed E-state index contributed by atoms with van der Waals surface area (Å²) in [5.41, 5.74) is 3.90. The van der Waals surface area contributed by atoms with Gasteiger partial charge in [-0.1, -0.05) is 59.6 Å². The van der Waals surface area contributed by atoms with Crippen molar-refractivity contribution in [1.82, 2.24) is 24.7 Å². The molecule has 0 saturated carbocycles. The number of hydrogen-bond acceptors (Lipinski definition) is 6. The van der Waals surface area contributed by atoms with Crippen LogP contribution in [0.15, 0.2) is 71.7 Å². The number of morpholine rings is 1. The number of hydrogen-bond donors (Lipinski definition) is 1. The zero-order chi connectivity index (χ0) is 29.8. The molecule has 9 nitrogen and oxygen atoms in total. The second-order valence-electron chi connectivity index (χ2n) is 10.2. The molecule has 0 aliphatic carbocycles. The molecule has 1 N–H and O–H groups in total. The van der Waals surface area contributed by atoms with Crippen molar-refractivity contribution < 1.29 is 14.3 Å². The van der Waals surface area contributed by atoms with Crippen LogP contribution in [-0.4, -0.2) is 78.1 Å². The number of likely N-dealkylation sites (N-methyl/N-ethyl adjacent to an activating group) is 1. The minimum absolute atomic E-state index is 0.148. The van der Waals surface area contributed by atoms with Crippen molar-refractivity contribution >= 4 is 46.0 Å². The molecule has 5 rings (SSSR count). The maximum absolute atomic E-state index is 13.7. The van der Waals surface area contributed by atoms with Crippen molar-refractivity contribution in [2.75, 3.05) is 46.9 Å². The Hall–Kier alpha value is -3.76. The predicted molar refractivity (Wildman–Crippen MR) is 164 cm³/mol. The highest BCUT2D eigenvalue weighted by atomic mass is 35.5. The third kappa shape index (κ3) is 6.50. The number of nitrogens with one attached hydrogen (secondary N) is 1. The van der Waals surface area contributed by atoms with Crippen LogP contribution in [0, 0.1) is 0 Å². The molecule has 3 aromatic carbocycles. The van der Waals surface area contributed by atoms with Gasteiger partial charge < -0.3 is 15.0 Å². The van der Waals surface area contributed by atoms with Gasteiger partial charge in [-0.3, -0.25) is 23.9 Å². The van der Waals surface area contributed by atoms with Crippen LogP contribution in [0.25, 0.3) is 22.2 Å². The first-order valence-corrected chi connectivity index (χ1v) is 14.3. The molecule has 4 aromatic rings. The number of carbonyl (C=O) groups is 2. The van der Waals surface area contributed by atoms with Crippen LogP contribution in [0.2, 0.25) is 10.0 Å². The summed E-state index contributed by atoms with van der Waals surface area (Å²) in [6.45, 7) is 3.20. The monoisotopic (exact) mass is 607 g/mol. The Balaban J connectivity index is 1.44. The lowest BCUT2D eigenvalue weighted by molar-refractivity contribution is -0.133. The van der Waals surface area contributed by atoms with E-state index in [2.05, 4.69) is 15.2 Å². The van der Waals surface area contributed by atoms with Gasteiger partial charge in [-0.25, -0.2) is 4.98 Å². The van der Waals surface area contributed by atoms with Gasteiger partial charge in [0.15, 0.2) is 0 Å². The second kappa shape index (κ2) is 13.0. The first-order valence-electron chi connectivity index (χ1n) is 13.6. The SMILES string of the molecule is CNC(=O)c1cccc(-c2ccc([C@@H](CN3CCOCC3)N(C)C(=O)Cn3c(=O)cnc4cc(Cl)c(Cl)cc43)cc2)c1. The third-order valence-corrected chi connectivity index (χ3v) is 8.28. The van der Waals surface area contributed by atoms with Crippen LogP contribution in [0.5, 0.6) is 0 Å². The van der Waals surface area contributed by atoms with Crippen molar-refractivity contribution in [1.29, 1.82) is 0 Å². The van der Waals surface area contributed by atoms with E-state index in [1.807, 2.05) is 42.5 Å². The fraction of sp³-hybridized carbons (Fsp3) is 0.290. The van der Waals surface area contributed by atoms with Gasteiger partial charge in [-0.05, 0) is 41.0 Å². The summed E-state index contributed by atoms with van der Waals surface area (Å²) in [7, 11) is 3.36. The molecule has 218 valence electrons. The number of ether oxygens (including phenoxy) is 1. The molecule has 1 saturated heterocycles. The number of aromatic nitrogens is 2. The summed E-state index contributed by atoms with van der Waals surface area (Å²) in [6.07, 6.45) is 1.18. The number of fused-ring (bicyclic) bond motifs is 1. The fourth-order valence-corrected chi connectivity index (χ4v) is 5.42. The third-order valence-electron chi connectivity index (χ3n) is 7.56. The molecule has 1 fully saturated rings. The molecule has 2 heterocycles. The quantitative estimate of drug-likeness (QED) is 0.321. The van der Waals surface area contributed by atoms with E-state index < -0.39 is 5.56 Å². The highest BCUT2D eigenvalue weighted by Crippen LogP contribution is 2.28. The van der Waals surface area contributed by atoms with Gasteiger partial charge in [0.2, 0.25) is 5.91 Å². The van der Waals surface area contributed by atoms with E-state index in [-0.39, 0.29) is 29.4 Å². The minimum atomic E-state index is -0.407. The van der Waals surface area contributed by atoms with Crippen LogP contribution in [0.3, 0.4) is 0 Å². The van der Waals surface area contributed by atoms with Crippen LogP contribution in [-0.2, 0) is 16.1 Å². The Morgan fingerprint density at radius 3 is 2.45 bits per heavy atom. The van der Waals surface area contributed by atoms with Crippen LogP contribution >= 0.6 is 23.2 Å². The zero-order valence-corrected chi connectivity index (χ0v) is 24.9. The average molecular weight is 609 g/mol. The van der Waals surface area contributed by atoms with Gasteiger partial charge in [0.25, 0.3) is 11.5 Å². The molecule has 0 unspecified atom stereocenters. The first kappa shape index (κ1) is 29.7. The summed E-state index contributed by atoms with van der Waals surface area (Å²) in [4.78, 5) is 46.8. The standard InChI is InChI=1S/C31H31Cl2N5O4/c1-34-31(41)23-5-3-4-22(14-23)20-6-8-21(9-7-20)28(18-37-10-12-42-13-11-37)36(2)30(40)19-38-27-16-25(33)24(32)15-26(27)35-17-29(38)39/h3-9,14-17,28H,10-13,18-19H2,1-2H3,(H,34,41)/t28-/m1/s1. The number of carbonyl (C=O) groups excluding carboxylic acids is 2. The second-order valence-corrected chi connectivity index (χ2v) is 11.0. The topological polar surface area (TPSA) is 96.8 Å². The molecule has 1 aliphatic rings. The Morgan fingerprint density at radius 1 is 1.02 bits per heavy atom. The van der Waals surface area contributed by atoms with Crippen LogP contribution in [0.1, 0.15) is 22.0 Å². The lowest BCUT2D eigenvalue weighted by atomic mass is 9.98. The normalized spacial score (nSPS) is 14.5. The van der Waals surface area contributed by atoms with E-state index in [1.54, 1.807) is 37.2 Å². The molecule has 0 radical (unpaired) electrons. The molecule has 2 amide bonds. The van der Waals surface area contributed by atoms with Crippen LogP contribution in [0.4, 0.5) is 0 Å². The summed E-state index contributed by atoms with van der Waals surface area (Å²) >= 11 is 12.4. The Labute approximate surface area is 253 Å². The lowest BCUT2D eigenvalue weighted by Crippen LogP contribution is -2.45. The largest absolute Gasteiger partial charge is 0.379 e. The maximum atomic E-state index is 13.7. The van der Waals surface area contributed by atoms with Crippen molar-refractivity contribution in [3.05, 3.63) is 98.4 Å². The highest BCUT2D eigenvalue weighted by Gasteiger charge is 2.26. The van der Waals surface area contributed by atoms with E-state index in [9.17, 15) is 14.4 Å². The van der Waals surface area contributed by atoms with Crippen molar-refractivity contribution in [2.45, 2.75) is 12.6 Å². The smallest absolute Gasteiger partial charge is 0.269 e. The molecule has 1 aliphatic heterocycles. The van der Waals surface area contributed by atoms with E-state index in [4.69, 9.17) is 27.9 Å². The summed E-state index contributed by atoms with van der Waals surface area (Å²) in [5, 5.41) is 3.25. The number of amides is 2. The van der Waals surface area contributed by atoms with Gasteiger partial charge in [0.1, 0.15) is 6.54 Å². The Kier molecular flexibility index (Phi) is 9.23. The van der Waals surface area contributed by atoms with Gasteiger partial charge in [0.05, 0.1) is 46.5 Å². The lowest BCUT2D eigenvalue weighted by Gasteiger charge is -2.35. The van der Waals surface area contributed by atoms with E-state index in [1.165, 1.54) is 10.8 Å². The summed E-state index contributed by atoms with van der Waals surface area (Å²) in [5.74, 6) is -0.387. The van der Waals surface area contributed by atoms with E-state index >= 15 is 0 Å². The number of benzene rings is 3. The van der Waals surface area contributed by atoms with Gasteiger partial charge >= 0.3 is 0 Å².